The lowest BCUT2D eigenvalue weighted by atomic mass is 9.59. The fraction of sp³-hybridized carbons (Fsp3) is 0.519. The summed E-state index contributed by atoms with van der Waals surface area (Å²) in [4.78, 5) is 11.6. The van der Waals surface area contributed by atoms with Gasteiger partial charge in [-0.25, -0.2) is 4.79 Å². The Hall–Kier alpha value is -2.33. The van der Waals surface area contributed by atoms with Crippen LogP contribution in [0.4, 0.5) is 0 Å². The predicted molar refractivity (Wildman–Crippen MR) is 126 cm³/mol. The zero-order valence-electron chi connectivity index (χ0n) is 19.8. The third kappa shape index (κ3) is 9.56. The van der Waals surface area contributed by atoms with Gasteiger partial charge in [0.2, 0.25) is 0 Å². The molecule has 4 nitrogen and oxygen atoms in total. The van der Waals surface area contributed by atoms with E-state index in [4.69, 9.17) is 14.2 Å². The van der Waals surface area contributed by atoms with Gasteiger partial charge >= 0.3 is 5.97 Å². The van der Waals surface area contributed by atoms with E-state index in [1.807, 2.05) is 70.2 Å². The van der Waals surface area contributed by atoms with Crippen LogP contribution >= 0.6 is 0 Å². The molecule has 1 aliphatic rings. The lowest BCUT2D eigenvalue weighted by molar-refractivity contribution is -0.160. The summed E-state index contributed by atoms with van der Waals surface area (Å²) >= 11 is 0. The minimum Gasteiger partial charge on any atom is -0.462 e. The molecular formula is C27H38O4. The van der Waals surface area contributed by atoms with Crippen LogP contribution in [0, 0.1) is 11.3 Å². The molecule has 0 bridgehead atoms. The van der Waals surface area contributed by atoms with Crippen molar-refractivity contribution in [2.45, 2.75) is 65.9 Å². The first-order valence-corrected chi connectivity index (χ1v) is 11.1. The molecule has 0 saturated heterocycles. The summed E-state index contributed by atoms with van der Waals surface area (Å²) in [7, 11) is 0. The van der Waals surface area contributed by atoms with Crippen LogP contribution in [0.15, 0.2) is 66.5 Å². The molecule has 0 aliphatic heterocycles. The number of hydrogen-bond donors (Lipinski definition) is 0. The number of ether oxygens (including phenoxy) is 3. The Morgan fingerprint density at radius 1 is 1.23 bits per heavy atom. The second-order valence-corrected chi connectivity index (χ2v) is 9.78. The SMILES string of the molecule is C=C(/C=C\C=C(/C)Oc1ccccc1)C1CC(C)(CCCOCC(=O)OC(C)(C)C)C1. The van der Waals surface area contributed by atoms with Crippen LogP contribution in [0.1, 0.15) is 60.3 Å². The molecule has 0 spiro atoms. The van der Waals surface area contributed by atoms with Crippen molar-refractivity contribution < 1.29 is 19.0 Å². The summed E-state index contributed by atoms with van der Waals surface area (Å²) in [6, 6.07) is 9.77. The van der Waals surface area contributed by atoms with E-state index >= 15 is 0 Å². The van der Waals surface area contributed by atoms with E-state index in [2.05, 4.69) is 19.6 Å². The molecule has 1 saturated carbocycles. The van der Waals surface area contributed by atoms with Crippen molar-refractivity contribution in [3.63, 3.8) is 0 Å². The zero-order valence-corrected chi connectivity index (χ0v) is 19.8. The van der Waals surface area contributed by atoms with Crippen molar-refractivity contribution in [1.29, 1.82) is 0 Å². The van der Waals surface area contributed by atoms with E-state index in [0.717, 1.165) is 37.2 Å². The van der Waals surface area contributed by atoms with Crippen LogP contribution in [-0.2, 0) is 14.3 Å². The number of para-hydroxylation sites is 1. The van der Waals surface area contributed by atoms with Crippen LogP contribution in [-0.4, -0.2) is 24.8 Å². The molecule has 4 heteroatoms. The Bertz CT molecular complexity index is 777. The zero-order chi connectivity index (χ0) is 22.9. The monoisotopic (exact) mass is 426 g/mol. The third-order valence-electron chi connectivity index (χ3n) is 5.37. The van der Waals surface area contributed by atoms with Gasteiger partial charge in [0.05, 0.1) is 0 Å². The highest BCUT2D eigenvalue weighted by atomic mass is 16.6. The van der Waals surface area contributed by atoms with Gasteiger partial charge in [-0.3, -0.25) is 0 Å². The Balaban J connectivity index is 1.62. The van der Waals surface area contributed by atoms with Crippen molar-refractivity contribution >= 4 is 5.97 Å². The fourth-order valence-corrected chi connectivity index (χ4v) is 3.88. The molecule has 1 aromatic rings. The first-order valence-electron chi connectivity index (χ1n) is 11.1. The van der Waals surface area contributed by atoms with Gasteiger partial charge in [-0.2, -0.15) is 0 Å². The van der Waals surface area contributed by atoms with Crippen molar-refractivity contribution in [3.8, 4) is 5.75 Å². The van der Waals surface area contributed by atoms with Crippen LogP contribution < -0.4 is 4.74 Å². The molecule has 1 fully saturated rings. The summed E-state index contributed by atoms with van der Waals surface area (Å²) in [5.74, 6) is 1.92. The highest BCUT2D eigenvalue weighted by Gasteiger charge is 2.40. The van der Waals surface area contributed by atoms with Crippen LogP contribution in [0.5, 0.6) is 5.75 Å². The van der Waals surface area contributed by atoms with E-state index < -0.39 is 5.60 Å². The first-order chi connectivity index (χ1) is 14.6. The standard InChI is InChI=1S/C27H38O4/c1-21(12-10-13-22(2)30-24-14-8-7-9-15-24)23-18-27(6,19-23)16-11-17-29-20-25(28)31-26(3,4)5/h7-10,12-15,23H,1,11,16-20H2,2-6H3/b12-10-,22-13+. The Morgan fingerprint density at radius 3 is 2.55 bits per heavy atom. The summed E-state index contributed by atoms with van der Waals surface area (Å²) in [5.41, 5.74) is 1.04. The first kappa shape index (κ1) is 24.9. The van der Waals surface area contributed by atoms with Gasteiger partial charge in [-0.15, -0.1) is 0 Å². The number of rotatable bonds is 11. The molecule has 0 unspecified atom stereocenters. The third-order valence-corrected chi connectivity index (χ3v) is 5.37. The molecule has 1 aromatic carbocycles. The normalized spacial score (nSPS) is 21.6. The van der Waals surface area contributed by atoms with Crippen molar-refractivity contribution in [3.05, 3.63) is 66.5 Å². The molecular weight excluding hydrogens is 388 g/mol. The molecule has 31 heavy (non-hydrogen) atoms. The average molecular weight is 427 g/mol. The molecule has 0 N–H and O–H groups in total. The summed E-state index contributed by atoms with van der Waals surface area (Å²) in [5, 5.41) is 0. The molecule has 0 amide bonds. The van der Waals surface area contributed by atoms with Gasteiger partial charge in [0.1, 0.15) is 23.7 Å². The van der Waals surface area contributed by atoms with E-state index in [1.54, 1.807) is 0 Å². The summed E-state index contributed by atoms with van der Waals surface area (Å²) < 4.78 is 16.5. The second-order valence-electron chi connectivity index (χ2n) is 9.78. The maximum atomic E-state index is 11.6. The van der Waals surface area contributed by atoms with Gasteiger partial charge in [0.25, 0.3) is 0 Å². The lowest BCUT2D eigenvalue weighted by Crippen LogP contribution is -2.35. The highest BCUT2D eigenvalue weighted by molar-refractivity contribution is 5.71. The molecule has 2 rings (SSSR count). The Kier molecular flexibility index (Phi) is 9.12. The van der Waals surface area contributed by atoms with Gasteiger partial charge in [-0.05, 0) is 82.9 Å². The molecule has 170 valence electrons. The smallest absolute Gasteiger partial charge is 0.332 e. The van der Waals surface area contributed by atoms with Crippen LogP contribution in [0.2, 0.25) is 0 Å². The number of carbonyl (C=O) groups excluding carboxylic acids is 1. The Labute approximate surface area is 188 Å². The van der Waals surface area contributed by atoms with Crippen molar-refractivity contribution in [2.24, 2.45) is 11.3 Å². The summed E-state index contributed by atoms with van der Waals surface area (Å²) in [6.07, 6.45) is 10.4. The molecule has 0 radical (unpaired) electrons. The summed E-state index contributed by atoms with van der Waals surface area (Å²) in [6.45, 7) is 14.7. The van der Waals surface area contributed by atoms with Gasteiger partial charge in [0, 0.05) is 6.61 Å². The fourth-order valence-electron chi connectivity index (χ4n) is 3.88. The number of esters is 1. The molecule has 0 aromatic heterocycles. The minimum absolute atomic E-state index is 0.0269. The topological polar surface area (TPSA) is 44.8 Å². The highest BCUT2D eigenvalue weighted by Crippen LogP contribution is 2.51. The van der Waals surface area contributed by atoms with Crippen molar-refractivity contribution in [2.75, 3.05) is 13.2 Å². The van der Waals surface area contributed by atoms with Crippen LogP contribution in [0.3, 0.4) is 0 Å². The van der Waals surface area contributed by atoms with Gasteiger partial charge in [-0.1, -0.05) is 49.4 Å². The maximum Gasteiger partial charge on any atom is 0.332 e. The molecule has 0 atom stereocenters. The predicted octanol–water partition coefficient (Wildman–Crippen LogP) is 6.64. The molecule has 1 aliphatic carbocycles. The number of allylic oxidation sites excluding steroid dienone is 5. The van der Waals surface area contributed by atoms with E-state index in [9.17, 15) is 4.79 Å². The van der Waals surface area contributed by atoms with E-state index in [-0.39, 0.29) is 12.6 Å². The molecule has 0 heterocycles. The van der Waals surface area contributed by atoms with Gasteiger partial charge in [0.15, 0.2) is 0 Å². The number of carbonyl (C=O) groups is 1. The second kappa shape index (κ2) is 11.3. The quantitative estimate of drug-likeness (QED) is 0.172. The minimum atomic E-state index is -0.463. The maximum absolute atomic E-state index is 11.6. The number of benzene rings is 1. The van der Waals surface area contributed by atoms with E-state index in [1.165, 1.54) is 5.57 Å². The van der Waals surface area contributed by atoms with Crippen molar-refractivity contribution in [1.82, 2.24) is 0 Å². The van der Waals surface area contributed by atoms with E-state index in [0.29, 0.717) is 17.9 Å². The number of hydrogen-bond acceptors (Lipinski definition) is 4. The Morgan fingerprint density at radius 2 is 1.90 bits per heavy atom. The lowest BCUT2D eigenvalue weighted by Gasteiger charge is -2.46. The van der Waals surface area contributed by atoms with Gasteiger partial charge < -0.3 is 14.2 Å². The average Bonchev–Trinajstić information content (AvgIpc) is 2.65. The largest absolute Gasteiger partial charge is 0.462 e. The van der Waals surface area contributed by atoms with Crippen LogP contribution in [0.25, 0.3) is 0 Å².